The highest BCUT2D eigenvalue weighted by atomic mass is 16.5. The number of rotatable bonds is 5. The van der Waals surface area contributed by atoms with Crippen molar-refractivity contribution in [1.82, 2.24) is 4.98 Å². The van der Waals surface area contributed by atoms with Crippen LogP contribution in [0.1, 0.15) is 18.1 Å². The zero-order valence-electron chi connectivity index (χ0n) is 12.1. The Bertz CT molecular complexity index is 618. The van der Waals surface area contributed by atoms with E-state index in [9.17, 15) is 4.79 Å². The van der Waals surface area contributed by atoms with E-state index in [2.05, 4.69) is 4.98 Å². The van der Waals surface area contributed by atoms with Crippen LogP contribution in [-0.4, -0.2) is 24.7 Å². The lowest BCUT2D eigenvalue weighted by molar-refractivity contribution is -0.133. The number of carbonyl (C=O) groups excluding carboxylic acids is 1. The highest BCUT2D eigenvalue weighted by Crippen LogP contribution is 2.21. The molecular weight excluding hydrogens is 266 g/mol. The lowest BCUT2D eigenvalue weighted by Crippen LogP contribution is -2.03. The van der Waals surface area contributed by atoms with E-state index in [1.54, 1.807) is 30.6 Å². The third kappa shape index (κ3) is 3.92. The molecule has 0 saturated heterocycles. The summed E-state index contributed by atoms with van der Waals surface area (Å²) in [6, 6.07) is 11.1. The minimum absolute atomic E-state index is 0.380. The molecule has 0 spiro atoms. The second-order valence-corrected chi connectivity index (χ2v) is 4.29. The number of aromatic nitrogens is 1. The fourth-order valence-electron chi connectivity index (χ4n) is 1.90. The molecule has 1 aromatic heterocycles. The van der Waals surface area contributed by atoms with Gasteiger partial charge in [-0.15, -0.1) is 0 Å². The molecule has 21 heavy (non-hydrogen) atoms. The molecule has 2 rings (SSSR count). The molecule has 4 heteroatoms. The predicted octanol–water partition coefficient (Wildman–Crippen LogP) is 3.19. The molecule has 0 aliphatic rings. The van der Waals surface area contributed by atoms with Crippen molar-refractivity contribution >= 4 is 17.6 Å². The van der Waals surface area contributed by atoms with Crippen molar-refractivity contribution in [2.75, 3.05) is 13.7 Å². The fourth-order valence-corrected chi connectivity index (χ4v) is 1.90. The normalized spacial score (nSPS) is 11.0. The van der Waals surface area contributed by atoms with Crippen molar-refractivity contribution in [2.24, 2.45) is 0 Å². The van der Waals surface area contributed by atoms with Gasteiger partial charge in [0.15, 0.2) is 0 Å². The average Bonchev–Trinajstić information content (AvgIpc) is 2.54. The number of ether oxygens (including phenoxy) is 2. The first-order valence-corrected chi connectivity index (χ1v) is 6.68. The quantitative estimate of drug-likeness (QED) is 0.624. The Hall–Kier alpha value is -2.62. The van der Waals surface area contributed by atoms with Crippen LogP contribution in [0.2, 0.25) is 0 Å². The summed E-state index contributed by atoms with van der Waals surface area (Å²) in [4.78, 5) is 15.9. The second kappa shape index (κ2) is 7.24. The standard InChI is InChI=1S/C17H17NO3/c1-3-21-15-6-4-13(5-7-15)12-16(17(19)20-2)14-8-10-18-11-9-14/h4-12H,3H2,1-2H3/b16-12+. The maximum Gasteiger partial charge on any atom is 0.338 e. The summed E-state index contributed by atoms with van der Waals surface area (Å²) in [6.45, 7) is 2.56. The molecule has 0 amide bonds. The Balaban J connectivity index is 2.34. The molecule has 0 N–H and O–H groups in total. The molecule has 0 unspecified atom stereocenters. The van der Waals surface area contributed by atoms with Crippen LogP contribution < -0.4 is 4.74 Å². The molecule has 0 radical (unpaired) electrons. The number of hydrogen-bond acceptors (Lipinski definition) is 4. The van der Waals surface area contributed by atoms with Gasteiger partial charge < -0.3 is 9.47 Å². The summed E-state index contributed by atoms with van der Waals surface area (Å²) in [6.07, 6.45) is 5.07. The summed E-state index contributed by atoms with van der Waals surface area (Å²) in [7, 11) is 1.37. The molecule has 108 valence electrons. The van der Waals surface area contributed by atoms with Crippen LogP contribution in [0, 0.1) is 0 Å². The Kier molecular flexibility index (Phi) is 5.10. The minimum atomic E-state index is -0.380. The average molecular weight is 283 g/mol. The SMILES string of the molecule is CCOc1ccc(/C=C(/C(=O)OC)c2ccncc2)cc1. The van der Waals surface area contributed by atoms with Crippen LogP contribution in [0.15, 0.2) is 48.8 Å². The molecule has 0 atom stereocenters. The Morgan fingerprint density at radius 2 is 1.81 bits per heavy atom. The van der Waals surface area contributed by atoms with Gasteiger partial charge >= 0.3 is 5.97 Å². The van der Waals surface area contributed by atoms with Crippen molar-refractivity contribution in [3.63, 3.8) is 0 Å². The first kappa shape index (κ1) is 14.8. The van der Waals surface area contributed by atoms with Crippen molar-refractivity contribution < 1.29 is 14.3 Å². The Morgan fingerprint density at radius 1 is 1.14 bits per heavy atom. The molecule has 1 heterocycles. The van der Waals surface area contributed by atoms with Crippen molar-refractivity contribution in [3.8, 4) is 5.75 Å². The zero-order chi connectivity index (χ0) is 15.1. The lowest BCUT2D eigenvalue weighted by Gasteiger charge is -2.06. The molecule has 0 fully saturated rings. The van der Waals surface area contributed by atoms with E-state index in [1.807, 2.05) is 31.2 Å². The van der Waals surface area contributed by atoms with Gasteiger partial charge in [-0.3, -0.25) is 4.98 Å². The van der Waals surface area contributed by atoms with Crippen LogP contribution in [0.5, 0.6) is 5.75 Å². The minimum Gasteiger partial charge on any atom is -0.494 e. The monoisotopic (exact) mass is 283 g/mol. The van der Waals surface area contributed by atoms with Crippen LogP contribution in [0.25, 0.3) is 11.6 Å². The number of methoxy groups -OCH3 is 1. The van der Waals surface area contributed by atoms with E-state index in [1.165, 1.54) is 7.11 Å². The molecule has 0 bridgehead atoms. The van der Waals surface area contributed by atoms with Gasteiger partial charge in [0.2, 0.25) is 0 Å². The van der Waals surface area contributed by atoms with Gasteiger partial charge in [0.05, 0.1) is 19.3 Å². The third-order valence-corrected chi connectivity index (χ3v) is 2.90. The van der Waals surface area contributed by atoms with Gasteiger partial charge in [-0.25, -0.2) is 4.79 Å². The van der Waals surface area contributed by atoms with Crippen LogP contribution in [0.3, 0.4) is 0 Å². The first-order valence-electron chi connectivity index (χ1n) is 6.68. The molecule has 0 saturated carbocycles. The van der Waals surface area contributed by atoms with Gasteiger partial charge in [0, 0.05) is 12.4 Å². The molecule has 0 aliphatic carbocycles. The summed E-state index contributed by atoms with van der Waals surface area (Å²) in [5.74, 6) is 0.424. The number of hydrogen-bond donors (Lipinski definition) is 0. The summed E-state index contributed by atoms with van der Waals surface area (Å²) in [5, 5.41) is 0. The second-order valence-electron chi connectivity index (χ2n) is 4.29. The highest BCUT2D eigenvalue weighted by Gasteiger charge is 2.12. The van der Waals surface area contributed by atoms with Crippen LogP contribution >= 0.6 is 0 Å². The Labute approximate surface area is 124 Å². The number of carbonyl (C=O) groups is 1. The van der Waals surface area contributed by atoms with Crippen LogP contribution in [0.4, 0.5) is 0 Å². The van der Waals surface area contributed by atoms with E-state index in [0.29, 0.717) is 12.2 Å². The largest absolute Gasteiger partial charge is 0.494 e. The molecular formula is C17H17NO3. The van der Waals surface area contributed by atoms with Gasteiger partial charge in [-0.05, 0) is 48.4 Å². The van der Waals surface area contributed by atoms with Gasteiger partial charge in [0.1, 0.15) is 5.75 Å². The van der Waals surface area contributed by atoms with E-state index in [4.69, 9.17) is 9.47 Å². The first-order chi connectivity index (χ1) is 10.2. The highest BCUT2D eigenvalue weighted by molar-refractivity contribution is 6.21. The maximum atomic E-state index is 12.0. The molecule has 1 aromatic carbocycles. The van der Waals surface area contributed by atoms with Crippen LogP contribution in [-0.2, 0) is 9.53 Å². The summed E-state index contributed by atoms with van der Waals surface area (Å²) >= 11 is 0. The van der Waals surface area contributed by atoms with Crippen molar-refractivity contribution in [2.45, 2.75) is 6.92 Å². The van der Waals surface area contributed by atoms with E-state index >= 15 is 0 Å². The maximum absolute atomic E-state index is 12.0. The smallest absolute Gasteiger partial charge is 0.338 e. The van der Waals surface area contributed by atoms with Gasteiger partial charge in [0.25, 0.3) is 0 Å². The fraction of sp³-hybridized carbons (Fsp3) is 0.176. The number of pyridine rings is 1. The molecule has 4 nitrogen and oxygen atoms in total. The Morgan fingerprint density at radius 3 is 2.38 bits per heavy atom. The van der Waals surface area contributed by atoms with Crippen molar-refractivity contribution in [1.29, 1.82) is 0 Å². The molecule has 0 aliphatic heterocycles. The van der Waals surface area contributed by atoms with E-state index in [-0.39, 0.29) is 5.97 Å². The van der Waals surface area contributed by atoms with E-state index in [0.717, 1.165) is 16.9 Å². The lowest BCUT2D eigenvalue weighted by atomic mass is 10.0. The number of esters is 1. The van der Waals surface area contributed by atoms with Gasteiger partial charge in [-0.2, -0.15) is 0 Å². The topological polar surface area (TPSA) is 48.4 Å². The summed E-state index contributed by atoms with van der Waals surface area (Å²) < 4.78 is 10.2. The molecule has 2 aromatic rings. The van der Waals surface area contributed by atoms with Gasteiger partial charge in [-0.1, -0.05) is 12.1 Å². The van der Waals surface area contributed by atoms with Crippen molar-refractivity contribution in [3.05, 3.63) is 59.9 Å². The predicted molar refractivity (Wildman–Crippen MR) is 81.7 cm³/mol. The third-order valence-electron chi connectivity index (χ3n) is 2.90. The number of nitrogens with zero attached hydrogens (tertiary/aromatic N) is 1. The zero-order valence-corrected chi connectivity index (χ0v) is 12.1. The van der Waals surface area contributed by atoms with E-state index < -0.39 is 0 Å². The summed E-state index contributed by atoms with van der Waals surface area (Å²) in [5.41, 5.74) is 2.16. The number of benzene rings is 1.